The summed E-state index contributed by atoms with van der Waals surface area (Å²) in [7, 11) is 1.77. The Hall–Kier alpha value is -1.85. The molecule has 104 valence electrons. The number of nitro groups is 1. The minimum atomic E-state index is -0.348. The third-order valence-corrected chi connectivity index (χ3v) is 3.69. The molecule has 0 radical (unpaired) electrons. The summed E-state index contributed by atoms with van der Waals surface area (Å²) >= 11 is 0. The summed E-state index contributed by atoms with van der Waals surface area (Å²) in [6.45, 7) is 2.77. The molecule has 19 heavy (non-hydrogen) atoms. The Labute approximate surface area is 113 Å². The monoisotopic (exact) mass is 264 g/mol. The van der Waals surface area contributed by atoms with Crippen molar-refractivity contribution in [3.05, 3.63) is 22.2 Å². The second-order valence-electron chi connectivity index (χ2n) is 4.77. The van der Waals surface area contributed by atoms with Crippen molar-refractivity contribution in [2.75, 3.05) is 23.8 Å². The van der Waals surface area contributed by atoms with Crippen LogP contribution in [0.5, 0.6) is 0 Å². The van der Waals surface area contributed by atoms with Crippen LogP contribution >= 0.6 is 0 Å². The van der Waals surface area contributed by atoms with Gasteiger partial charge in [-0.05, 0) is 25.8 Å². The van der Waals surface area contributed by atoms with Gasteiger partial charge in [-0.3, -0.25) is 10.1 Å². The van der Waals surface area contributed by atoms with E-state index in [1.54, 1.807) is 13.1 Å². The quantitative estimate of drug-likeness (QED) is 0.654. The molecule has 6 heteroatoms. The maximum absolute atomic E-state index is 11.2. The molecule has 2 rings (SSSR count). The Morgan fingerprint density at radius 3 is 2.68 bits per heavy atom. The number of nitrogens with zero attached hydrogens (tertiary/aromatic N) is 3. The molecule has 0 bridgehead atoms. The first-order valence-electron chi connectivity index (χ1n) is 6.77. The van der Waals surface area contributed by atoms with Gasteiger partial charge < -0.3 is 10.2 Å². The molecular weight excluding hydrogens is 244 g/mol. The number of hydrogen-bond donors (Lipinski definition) is 1. The summed E-state index contributed by atoms with van der Waals surface area (Å²) in [5.74, 6) is 1.16. The average Bonchev–Trinajstić information content (AvgIpc) is 2.93. The van der Waals surface area contributed by atoms with Gasteiger partial charge >= 0.3 is 5.69 Å². The Morgan fingerprint density at radius 2 is 2.16 bits per heavy atom. The fourth-order valence-electron chi connectivity index (χ4n) is 2.73. The van der Waals surface area contributed by atoms with E-state index in [2.05, 4.69) is 15.2 Å². The molecule has 0 atom stereocenters. The first-order chi connectivity index (χ1) is 9.17. The van der Waals surface area contributed by atoms with E-state index in [-0.39, 0.29) is 10.6 Å². The van der Waals surface area contributed by atoms with Gasteiger partial charge in [0.1, 0.15) is 5.82 Å². The molecule has 0 spiro atoms. The minimum absolute atomic E-state index is 0.0905. The first kappa shape index (κ1) is 13.6. The second-order valence-corrected chi connectivity index (χ2v) is 4.77. The standard InChI is InChI=1S/C13H20N4O2/c1-3-16(10-6-4-5-7-10)13-11(17(18)19)8-9-12(14-2)15-13/h8-10H,3-7H2,1-2H3,(H,14,15). The van der Waals surface area contributed by atoms with Crippen LogP contribution in [-0.2, 0) is 0 Å². The van der Waals surface area contributed by atoms with E-state index in [1.807, 2.05) is 6.92 Å². The highest BCUT2D eigenvalue weighted by molar-refractivity contribution is 5.62. The van der Waals surface area contributed by atoms with Crippen molar-refractivity contribution < 1.29 is 4.92 Å². The molecule has 1 saturated carbocycles. The van der Waals surface area contributed by atoms with Gasteiger partial charge in [-0.2, -0.15) is 0 Å². The fourth-order valence-corrected chi connectivity index (χ4v) is 2.73. The zero-order valence-electron chi connectivity index (χ0n) is 11.4. The molecule has 1 N–H and O–H groups in total. The highest BCUT2D eigenvalue weighted by Gasteiger charge is 2.28. The Bertz CT molecular complexity index is 458. The zero-order valence-corrected chi connectivity index (χ0v) is 11.4. The van der Waals surface area contributed by atoms with Gasteiger partial charge in [-0.15, -0.1) is 0 Å². The van der Waals surface area contributed by atoms with E-state index < -0.39 is 0 Å². The van der Waals surface area contributed by atoms with E-state index in [0.29, 0.717) is 17.7 Å². The summed E-state index contributed by atoms with van der Waals surface area (Å²) in [6.07, 6.45) is 4.58. The van der Waals surface area contributed by atoms with Crippen LogP contribution in [0.15, 0.2) is 12.1 Å². The lowest BCUT2D eigenvalue weighted by Gasteiger charge is -2.28. The largest absolute Gasteiger partial charge is 0.373 e. The topological polar surface area (TPSA) is 71.3 Å². The Kier molecular flexibility index (Phi) is 4.19. The summed E-state index contributed by atoms with van der Waals surface area (Å²) in [4.78, 5) is 17.3. The molecule has 6 nitrogen and oxygen atoms in total. The van der Waals surface area contributed by atoms with Gasteiger partial charge in [0, 0.05) is 25.7 Å². The van der Waals surface area contributed by atoms with Crippen molar-refractivity contribution in [3.63, 3.8) is 0 Å². The van der Waals surface area contributed by atoms with E-state index in [0.717, 1.165) is 19.4 Å². The fraction of sp³-hybridized carbons (Fsp3) is 0.615. The van der Waals surface area contributed by atoms with Crippen LogP contribution < -0.4 is 10.2 Å². The van der Waals surface area contributed by atoms with Gasteiger partial charge in [0.25, 0.3) is 0 Å². The summed E-state index contributed by atoms with van der Waals surface area (Å²) < 4.78 is 0. The highest BCUT2D eigenvalue weighted by atomic mass is 16.6. The number of anilines is 2. The summed E-state index contributed by atoms with van der Waals surface area (Å²) in [5, 5.41) is 14.1. The van der Waals surface area contributed by atoms with Gasteiger partial charge in [0.15, 0.2) is 0 Å². The van der Waals surface area contributed by atoms with Gasteiger partial charge in [0.2, 0.25) is 5.82 Å². The van der Waals surface area contributed by atoms with Crippen LogP contribution in [-0.4, -0.2) is 29.5 Å². The van der Waals surface area contributed by atoms with Gasteiger partial charge in [-0.1, -0.05) is 12.8 Å². The third-order valence-electron chi connectivity index (χ3n) is 3.69. The van der Waals surface area contributed by atoms with Gasteiger partial charge in [-0.25, -0.2) is 4.98 Å². The minimum Gasteiger partial charge on any atom is -0.373 e. The zero-order chi connectivity index (χ0) is 13.8. The molecule has 0 aliphatic heterocycles. The normalized spacial score (nSPS) is 15.5. The smallest absolute Gasteiger partial charge is 0.311 e. The number of pyridine rings is 1. The van der Waals surface area contributed by atoms with E-state index >= 15 is 0 Å². The number of rotatable bonds is 5. The molecule has 0 amide bonds. The third kappa shape index (κ3) is 2.77. The molecule has 1 aliphatic carbocycles. The van der Waals surface area contributed by atoms with Crippen molar-refractivity contribution in [2.45, 2.75) is 38.6 Å². The molecule has 0 unspecified atom stereocenters. The van der Waals surface area contributed by atoms with Crippen LogP contribution in [0.1, 0.15) is 32.6 Å². The Balaban J connectivity index is 2.40. The maximum Gasteiger partial charge on any atom is 0.311 e. The molecule has 1 aliphatic rings. The lowest BCUT2D eigenvalue weighted by Crippen LogP contribution is -2.34. The van der Waals surface area contributed by atoms with Gasteiger partial charge in [0.05, 0.1) is 4.92 Å². The predicted molar refractivity (Wildman–Crippen MR) is 75.7 cm³/mol. The molecule has 1 heterocycles. The molecular formula is C13H20N4O2. The molecule has 1 aromatic rings. The van der Waals surface area contributed by atoms with E-state index in [9.17, 15) is 10.1 Å². The number of nitrogens with one attached hydrogen (secondary N) is 1. The lowest BCUT2D eigenvalue weighted by atomic mass is 10.2. The van der Waals surface area contributed by atoms with Crippen molar-refractivity contribution in [3.8, 4) is 0 Å². The van der Waals surface area contributed by atoms with Crippen LogP contribution in [0.3, 0.4) is 0 Å². The predicted octanol–water partition coefficient (Wildman–Crippen LogP) is 2.80. The van der Waals surface area contributed by atoms with Crippen molar-refractivity contribution >= 4 is 17.3 Å². The number of aromatic nitrogens is 1. The first-order valence-corrected chi connectivity index (χ1v) is 6.77. The molecule has 1 fully saturated rings. The van der Waals surface area contributed by atoms with Crippen molar-refractivity contribution in [2.24, 2.45) is 0 Å². The Morgan fingerprint density at radius 1 is 1.47 bits per heavy atom. The van der Waals surface area contributed by atoms with E-state index in [1.165, 1.54) is 18.9 Å². The highest BCUT2D eigenvalue weighted by Crippen LogP contribution is 2.33. The summed E-state index contributed by atoms with van der Waals surface area (Å²) in [6, 6.07) is 3.55. The lowest BCUT2D eigenvalue weighted by molar-refractivity contribution is -0.384. The van der Waals surface area contributed by atoms with Crippen LogP contribution in [0.2, 0.25) is 0 Å². The van der Waals surface area contributed by atoms with Crippen LogP contribution in [0.4, 0.5) is 17.3 Å². The van der Waals surface area contributed by atoms with Crippen molar-refractivity contribution in [1.29, 1.82) is 0 Å². The van der Waals surface area contributed by atoms with Crippen molar-refractivity contribution in [1.82, 2.24) is 4.98 Å². The second kappa shape index (κ2) is 5.86. The van der Waals surface area contributed by atoms with Crippen LogP contribution in [0, 0.1) is 10.1 Å². The molecule has 0 aromatic carbocycles. The average molecular weight is 264 g/mol. The number of hydrogen-bond acceptors (Lipinski definition) is 5. The summed E-state index contributed by atoms with van der Waals surface area (Å²) in [5.41, 5.74) is 0.0905. The molecule has 1 aromatic heterocycles. The maximum atomic E-state index is 11.2. The molecule has 0 saturated heterocycles. The van der Waals surface area contributed by atoms with E-state index in [4.69, 9.17) is 0 Å². The van der Waals surface area contributed by atoms with Crippen LogP contribution in [0.25, 0.3) is 0 Å². The SMILES string of the molecule is CCN(c1nc(NC)ccc1[N+](=O)[O-])C1CCCC1.